The predicted octanol–water partition coefficient (Wildman–Crippen LogP) is 8.73. The third kappa shape index (κ3) is 9.28. The summed E-state index contributed by atoms with van der Waals surface area (Å²) in [5.74, 6) is 0. The van der Waals surface area contributed by atoms with Crippen LogP contribution in [0.15, 0.2) is 0 Å². The molecule has 0 amide bonds. The lowest BCUT2D eigenvalue weighted by atomic mass is 9.85. The fourth-order valence-electron chi connectivity index (χ4n) is 6.76. The zero-order chi connectivity index (χ0) is 23.7. The molecule has 0 radical (unpaired) electrons. The first-order chi connectivity index (χ1) is 15.6. The van der Waals surface area contributed by atoms with Gasteiger partial charge in [0.25, 0.3) is 0 Å². The van der Waals surface area contributed by atoms with Crippen LogP contribution in [0.25, 0.3) is 0 Å². The van der Waals surface area contributed by atoms with Crippen molar-refractivity contribution in [2.75, 3.05) is 39.3 Å². The maximum absolute atomic E-state index is 2.40. The molecule has 0 atom stereocenters. The Labute approximate surface area is 204 Å². The van der Waals surface area contributed by atoms with E-state index >= 15 is 0 Å². The van der Waals surface area contributed by atoms with Crippen LogP contribution in [0.3, 0.4) is 0 Å². The van der Waals surface area contributed by atoms with E-state index in [1.165, 1.54) is 151 Å². The van der Waals surface area contributed by atoms with Crippen molar-refractivity contribution in [2.45, 2.75) is 156 Å². The van der Waals surface area contributed by atoms with Crippen LogP contribution in [0, 0.1) is 0 Å². The Bertz CT molecular complexity index is 341. The van der Waals surface area contributed by atoms with E-state index in [4.69, 9.17) is 0 Å². The zero-order valence-electron chi connectivity index (χ0n) is 23.6. The van der Waals surface area contributed by atoms with Crippen LogP contribution in [-0.4, -0.2) is 60.3 Å². The lowest BCUT2D eigenvalue weighted by Crippen LogP contribution is -2.62. The molecule has 0 aliphatic heterocycles. The summed E-state index contributed by atoms with van der Waals surface area (Å²) in [7, 11) is 0. The number of hydrogen-bond acceptors (Lipinski definition) is 0. The highest BCUT2D eigenvalue weighted by molar-refractivity contribution is 4.77. The summed E-state index contributed by atoms with van der Waals surface area (Å²) in [4.78, 5) is 0. The lowest BCUT2D eigenvalue weighted by Gasteiger charge is -2.52. The molecule has 2 heteroatoms. The standard InChI is InChI=1S/C30H64N2/c1-7-13-23-31(24-14-8-2,25-15-9-3)29-19-21-30(22-20-29)32(26-16-10-4,27-17-11-5)28-18-12-6/h29-30H,7-28H2,1-6H3/q+2. The van der Waals surface area contributed by atoms with Gasteiger partial charge in [-0.3, -0.25) is 0 Å². The Morgan fingerprint density at radius 2 is 0.562 bits per heavy atom. The topological polar surface area (TPSA) is 0 Å². The van der Waals surface area contributed by atoms with Crippen LogP contribution in [0.4, 0.5) is 0 Å². The average Bonchev–Trinajstić information content (AvgIpc) is 2.84. The Balaban J connectivity index is 3.01. The molecule has 1 fully saturated rings. The maximum atomic E-state index is 2.40. The quantitative estimate of drug-likeness (QED) is 0.162. The summed E-state index contributed by atoms with van der Waals surface area (Å²) in [6.45, 7) is 23.1. The van der Waals surface area contributed by atoms with Gasteiger partial charge in [-0.15, -0.1) is 0 Å². The molecule has 192 valence electrons. The van der Waals surface area contributed by atoms with Gasteiger partial charge >= 0.3 is 0 Å². The maximum Gasteiger partial charge on any atom is 0.0894 e. The average molecular weight is 453 g/mol. The Morgan fingerprint density at radius 1 is 0.375 bits per heavy atom. The molecule has 0 aromatic carbocycles. The Morgan fingerprint density at radius 3 is 0.719 bits per heavy atom. The number of hydrogen-bond donors (Lipinski definition) is 0. The predicted molar refractivity (Wildman–Crippen MR) is 145 cm³/mol. The molecule has 0 heterocycles. The van der Waals surface area contributed by atoms with Crippen LogP contribution >= 0.6 is 0 Å². The van der Waals surface area contributed by atoms with E-state index in [0.29, 0.717) is 0 Å². The molecular weight excluding hydrogens is 388 g/mol. The molecule has 0 saturated heterocycles. The molecule has 0 aromatic heterocycles. The first-order valence-electron chi connectivity index (χ1n) is 15.3. The molecule has 0 N–H and O–H groups in total. The zero-order valence-corrected chi connectivity index (χ0v) is 23.6. The normalized spacial score (nSPS) is 20.1. The van der Waals surface area contributed by atoms with E-state index in [9.17, 15) is 0 Å². The van der Waals surface area contributed by atoms with Gasteiger partial charge in [0.1, 0.15) is 0 Å². The second-order valence-electron chi connectivity index (χ2n) is 11.4. The molecule has 1 saturated carbocycles. The highest BCUT2D eigenvalue weighted by Crippen LogP contribution is 2.36. The minimum atomic E-state index is 0.946. The van der Waals surface area contributed by atoms with Gasteiger partial charge < -0.3 is 8.97 Å². The SMILES string of the molecule is CCCC[N+](CCCC)(CCCC)C1CCC([N+](CCCC)(CCCC)CCCC)CC1. The Kier molecular flexibility index (Phi) is 16.3. The highest BCUT2D eigenvalue weighted by Gasteiger charge is 2.43. The molecule has 2 nitrogen and oxygen atoms in total. The van der Waals surface area contributed by atoms with Crippen LogP contribution in [-0.2, 0) is 0 Å². The van der Waals surface area contributed by atoms with Crippen LogP contribution in [0.1, 0.15) is 144 Å². The number of quaternary nitrogens is 2. The molecule has 0 aromatic rings. The molecule has 1 aliphatic carbocycles. The van der Waals surface area contributed by atoms with Crippen molar-refractivity contribution in [3.8, 4) is 0 Å². The summed E-state index contributed by atoms with van der Waals surface area (Å²) in [6.07, 6.45) is 22.7. The van der Waals surface area contributed by atoms with E-state index < -0.39 is 0 Å². The van der Waals surface area contributed by atoms with Crippen molar-refractivity contribution < 1.29 is 8.97 Å². The molecule has 0 unspecified atom stereocenters. The number of rotatable bonds is 20. The summed E-state index contributed by atoms with van der Waals surface area (Å²) >= 11 is 0. The third-order valence-corrected chi connectivity index (χ3v) is 8.96. The van der Waals surface area contributed by atoms with Gasteiger partial charge in [-0.2, -0.15) is 0 Å². The molecular formula is C30H64N2+2. The van der Waals surface area contributed by atoms with Crippen molar-refractivity contribution in [1.82, 2.24) is 0 Å². The minimum absolute atomic E-state index is 0.946. The number of nitrogens with zero attached hydrogens (tertiary/aromatic N) is 2. The van der Waals surface area contributed by atoms with Crippen molar-refractivity contribution in [3.63, 3.8) is 0 Å². The van der Waals surface area contributed by atoms with E-state index in [1.807, 2.05) is 0 Å². The summed E-state index contributed by atoms with van der Waals surface area (Å²) in [5, 5.41) is 0. The van der Waals surface area contributed by atoms with Crippen LogP contribution < -0.4 is 0 Å². The van der Waals surface area contributed by atoms with E-state index in [1.54, 1.807) is 0 Å². The third-order valence-electron chi connectivity index (χ3n) is 8.96. The smallest absolute Gasteiger partial charge is 0.0894 e. The Hall–Kier alpha value is -0.0800. The fourth-order valence-corrected chi connectivity index (χ4v) is 6.76. The largest absolute Gasteiger partial charge is 0.321 e. The minimum Gasteiger partial charge on any atom is -0.321 e. The van der Waals surface area contributed by atoms with Gasteiger partial charge in [0.15, 0.2) is 0 Å². The van der Waals surface area contributed by atoms with Gasteiger partial charge in [0.05, 0.1) is 51.4 Å². The molecule has 32 heavy (non-hydrogen) atoms. The van der Waals surface area contributed by atoms with Gasteiger partial charge in [-0.05, 0) is 38.5 Å². The molecule has 1 rings (SSSR count). The highest BCUT2D eigenvalue weighted by atomic mass is 15.4. The second-order valence-corrected chi connectivity index (χ2v) is 11.4. The van der Waals surface area contributed by atoms with E-state index in [2.05, 4.69) is 41.5 Å². The van der Waals surface area contributed by atoms with Crippen molar-refractivity contribution in [3.05, 3.63) is 0 Å². The van der Waals surface area contributed by atoms with Gasteiger partial charge in [-0.25, -0.2) is 0 Å². The number of unbranched alkanes of at least 4 members (excludes halogenated alkanes) is 6. The van der Waals surface area contributed by atoms with Crippen molar-refractivity contribution in [2.24, 2.45) is 0 Å². The molecule has 0 bridgehead atoms. The van der Waals surface area contributed by atoms with Gasteiger partial charge in [0, 0.05) is 25.7 Å². The van der Waals surface area contributed by atoms with Crippen molar-refractivity contribution >= 4 is 0 Å². The van der Waals surface area contributed by atoms with Crippen LogP contribution in [0.2, 0.25) is 0 Å². The van der Waals surface area contributed by atoms with E-state index in [0.717, 1.165) is 12.1 Å². The van der Waals surface area contributed by atoms with Gasteiger partial charge in [-0.1, -0.05) is 80.1 Å². The first-order valence-corrected chi connectivity index (χ1v) is 15.3. The summed E-state index contributed by atoms with van der Waals surface area (Å²) < 4.78 is 2.95. The van der Waals surface area contributed by atoms with E-state index in [-0.39, 0.29) is 0 Å². The van der Waals surface area contributed by atoms with Crippen LogP contribution in [0.5, 0.6) is 0 Å². The van der Waals surface area contributed by atoms with Crippen molar-refractivity contribution in [1.29, 1.82) is 0 Å². The molecule has 1 aliphatic rings. The summed E-state index contributed by atoms with van der Waals surface area (Å²) in [5.41, 5.74) is 0. The second kappa shape index (κ2) is 17.4. The summed E-state index contributed by atoms with van der Waals surface area (Å²) in [6, 6.07) is 1.89. The lowest BCUT2D eigenvalue weighted by molar-refractivity contribution is -0.966. The first kappa shape index (κ1) is 30.0. The van der Waals surface area contributed by atoms with Gasteiger partial charge in [0.2, 0.25) is 0 Å². The molecule has 0 spiro atoms. The fraction of sp³-hybridized carbons (Fsp3) is 1.00. The monoisotopic (exact) mass is 453 g/mol.